The number of aromatic hydroxyl groups is 3. The number of carbonyl (C=O) groups excluding carboxylic acids is 7. The topological polar surface area (TPSA) is 517 Å². The number of hydrogen-bond donors (Lipinski definition) is 19. The second kappa shape index (κ2) is 36.2. The summed E-state index contributed by atoms with van der Waals surface area (Å²) in [6.45, 7) is 6.08. The molecule has 0 saturated carbocycles. The minimum absolute atomic E-state index is 0.104. The van der Waals surface area contributed by atoms with Crippen molar-refractivity contribution in [3.8, 4) is 79.4 Å². The quantitative estimate of drug-likeness (QED) is 0.0520. The van der Waals surface area contributed by atoms with E-state index < -0.39 is 231 Å². The molecule has 0 unspecified atom stereocenters. The molecule has 11 bridgehead atoms. The number of aliphatic hydroxyl groups is 6. The lowest BCUT2D eigenvalue weighted by molar-refractivity contribution is -0.277. The number of nitrogens with one attached hydrogen (secondary N) is 8. The van der Waals surface area contributed by atoms with Crippen LogP contribution >= 0.6 is 23.2 Å². The number of aliphatic carboxylic acids is 1. The SMILES string of the molecule is CN[C@H](CC(C)C)C(=O)N[C@H]1C(=O)N[C@@H](CC(N)=O)C(=O)N[C@H]2C(=O)N[C@H]3C(=O)N[C@H](C(=O)N[C@H](C(=O)O)c4cc(O)cc(O)c4-c4cc3ccc4O)[C@H](O[C@H]3C[C@](C)(NCc4ccc(-c5ccc(-c6ccccc6)cc5)cc4)[C@@H](O)[C@H](C)O3)c3ccc(c(Cl)c3)Oc3cc2cc(c3O[C@@H]2O[C@H](CO)[C@@H](O)[C@H](O)[C@H]2O)Oc2ccc(cc2Cl)[C@H]1O. The van der Waals surface area contributed by atoms with Crippen LogP contribution in [-0.2, 0) is 59.1 Å². The van der Waals surface area contributed by atoms with Gasteiger partial charge >= 0.3 is 5.97 Å². The zero-order valence-corrected chi connectivity index (χ0v) is 66.5. The number of likely N-dealkylation sites (N-methyl/N-ethyl adjacent to an activating group) is 1. The first-order valence-electron chi connectivity index (χ1n) is 38.3. The molecule has 8 aromatic carbocycles. The van der Waals surface area contributed by atoms with Gasteiger partial charge in [0.15, 0.2) is 23.8 Å². The van der Waals surface area contributed by atoms with E-state index >= 15 is 19.2 Å². The van der Waals surface area contributed by atoms with Gasteiger partial charge in [-0.1, -0.05) is 134 Å². The highest BCUT2D eigenvalue weighted by Gasteiger charge is 2.50. The Morgan fingerprint density at radius 1 is 0.633 bits per heavy atom. The average molecular weight is 1690 g/mol. The highest BCUT2D eigenvalue weighted by molar-refractivity contribution is 6.32. The number of rotatable bonds is 18. The number of carbonyl (C=O) groups is 8. The van der Waals surface area contributed by atoms with Gasteiger partial charge in [0, 0.05) is 41.3 Å². The van der Waals surface area contributed by atoms with Gasteiger partial charge in [-0.3, -0.25) is 33.6 Å². The van der Waals surface area contributed by atoms with Gasteiger partial charge in [0.2, 0.25) is 53.4 Å². The van der Waals surface area contributed by atoms with Gasteiger partial charge in [-0.25, -0.2) is 4.79 Å². The largest absolute Gasteiger partial charge is 0.508 e. The number of hydrogen-bond acceptors (Lipinski definition) is 25. The highest BCUT2D eigenvalue weighted by atomic mass is 35.5. The highest BCUT2D eigenvalue weighted by Crippen LogP contribution is 2.50. The normalized spacial score (nSPS) is 26.6. The molecule has 7 amide bonds. The van der Waals surface area contributed by atoms with Gasteiger partial charge < -0.3 is 128 Å². The summed E-state index contributed by atoms with van der Waals surface area (Å²) in [5.74, 6) is -16.0. The van der Waals surface area contributed by atoms with Crippen LogP contribution in [0.25, 0.3) is 33.4 Å². The summed E-state index contributed by atoms with van der Waals surface area (Å²) >= 11 is 14.5. The Bertz CT molecular complexity index is 5230. The number of carboxylic acid groups (broad SMARTS) is 1. The molecule has 7 aliphatic heterocycles. The van der Waals surface area contributed by atoms with Gasteiger partial charge in [-0.15, -0.1) is 0 Å². The van der Waals surface area contributed by atoms with Crippen molar-refractivity contribution in [3.05, 3.63) is 201 Å². The molecule has 18 atom stereocenters. The summed E-state index contributed by atoms with van der Waals surface area (Å²) in [6.07, 6.45) is -19.1. The fourth-order valence-corrected chi connectivity index (χ4v) is 15.7. The molecule has 2 saturated heterocycles. The number of ether oxygens (including phenoxy) is 6. The molecule has 0 radical (unpaired) electrons. The van der Waals surface area contributed by atoms with Crippen LogP contribution in [0, 0.1) is 5.92 Å². The predicted octanol–water partition coefficient (Wildman–Crippen LogP) is 5.27. The van der Waals surface area contributed by atoms with Crippen LogP contribution in [0.2, 0.25) is 10.0 Å². The molecular formula is C85H89Cl2N9O24. The first-order valence-corrected chi connectivity index (χ1v) is 39.1. The third-order valence-corrected chi connectivity index (χ3v) is 22.3. The zero-order valence-electron chi connectivity index (χ0n) is 65.0. The van der Waals surface area contributed by atoms with Crippen molar-refractivity contribution < 1.29 is 118 Å². The Hall–Kier alpha value is -11.5. The van der Waals surface area contributed by atoms with Gasteiger partial charge in [-0.2, -0.15) is 0 Å². The third-order valence-electron chi connectivity index (χ3n) is 21.7. The minimum atomic E-state index is -2.36. The molecule has 0 spiro atoms. The molecular weight excluding hydrogens is 1600 g/mol. The molecule has 20 N–H and O–H groups in total. The third kappa shape index (κ3) is 18.6. The van der Waals surface area contributed by atoms with Gasteiger partial charge in [0.25, 0.3) is 0 Å². The van der Waals surface area contributed by atoms with E-state index in [9.17, 15) is 70.2 Å². The summed E-state index contributed by atoms with van der Waals surface area (Å²) in [6, 6.07) is 25.5. The smallest absolute Gasteiger partial charge is 0.330 e. The summed E-state index contributed by atoms with van der Waals surface area (Å²) in [5, 5.41) is 135. The van der Waals surface area contributed by atoms with E-state index in [1.807, 2.05) is 92.7 Å². The second-order valence-electron chi connectivity index (χ2n) is 30.6. The van der Waals surface area contributed by atoms with Crippen molar-refractivity contribution in [2.45, 2.75) is 163 Å². The molecule has 33 nitrogen and oxygen atoms in total. The van der Waals surface area contributed by atoms with Gasteiger partial charge in [-0.05, 0) is 138 Å². The van der Waals surface area contributed by atoms with E-state index in [0.29, 0.717) is 0 Å². The number of fused-ring (bicyclic) bond motifs is 15. The van der Waals surface area contributed by atoms with Crippen LogP contribution in [0.5, 0.6) is 46.0 Å². The maximum absolute atomic E-state index is 16.4. The molecule has 0 aliphatic carbocycles. The van der Waals surface area contributed by atoms with Crippen LogP contribution in [0.4, 0.5) is 0 Å². The standard InChI is InChI=1S/C85H89Cl2N9O24/c1-37(2)25-53(89-5)77(107)95-68-70(102)45-20-23-57(51(86)27-45)116-59-29-47-30-60(75(59)120-84-73(105)72(104)71(103)61(36-97)118-84)117-58-24-21-46(28-52(58)87)74(119-63-34-85(4,76(106)38(3)115-63)90-35-39-11-13-41(14-12-39)43-17-15-42(16-18-43)40-9-7-6-8-10-40)69-82(112)94-67(83(113)114)50-31-48(98)32-56(100)64(50)49-26-44(19-22-55(49)99)65(79(109)96-69)93-80(110)66(47)92-78(108)54(33-62(88)101)91-81(68)111/h6-24,26-32,37-38,53-54,61,63,65-74,76,84,89-90,97-100,102-106H,25,33-36H2,1-5H3,(H2,88,101)(H,91,111)(H,92,108)(H,93,110)(H,94,112)(H,95,107)(H,96,109)(H,113,114)/t38-,53+,54-,61+,63-,65+,66+,67-,68+,69-,70+,71+,72-,73+,74+,76-,84-,85-/m0/s1. The first-order chi connectivity index (χ1) is 57.2. The second-order valence-corrected chi connectivity index (χ2v) is 31.4. The van der Waals surface area contributed by atoms with Crippen molar-refractivity contribution in [1.29, 1.82) is 0 Å². The Morgan fingerprint density at radius 2 is 1.23 bits per heavy atom. The average Bonchev–Trinajstić information content (AvgIpc) is 0.761. The van der Waals surface area contributed by atoms with Crippen molar-refractivity contribution in [2.75, 3.05) is 13.7 Å². The Morgan fingerprint density at radius 3 is 1.83 bits per heavy atom. The molecule has 35 heteroatoms. The number of phenols is 3. The van der Waals surface area contributed by atoms with E-state index in [0.717, 1.165) is 76.3 Å². The van der Waals surface area contributed by atoms with Crippen LogP contribution in [0.3, 0.4) is 0 Å². The molecule has 7 aliphatic rings. The number of nitrogens with two attached hydrogens (primary N) is 1. The number of phenolic OH excluding ortho intramolecular Hbond substituents is 3. The summed E-state index contributed by atoms with van der Waals surface area (Å²) in [4.78, 5) is 120. The number of primary amides is 1. The van der Waals surface area contributed by atoms with Crippen molar-refractivity contribution in [1.82, 2.24) is 42.5 Å². The fraction of sp³-hybridized carbons (Fsp3) is 0.341. The monoisotopic (exact) mass is 1690 g/mol. The van der Waals surface area contributed by atoms with Crippen LogP contribution in [0.15, 0.2) is 158 Å². The van der Waals surface area contributed by atoms with Crippen LogP contribution in [-0.4, -0.2) is 191 Å². The minimum Gasteiger partial charge on any atom is -0.508 e. The molecule has 120 heavy (non-hydrogen) atoms. The molecule has 15 rings (SSSR count). The van der Waals surface area contributed by atoms with Crippen LogP contribution < -0.4 is 62.5 Å². The number of benzene rings is 8. The Labute approximate surface area is 696 Å². The zero-order chi connectivity index (χ0) is 86.0. The molecule has 632 valence electrons. The Balaban J connectivity index is 0.982. The van der Waals surface area contributed by atoms with Crippen molar-refractivity contribution in [2.24, 2.45) is 11.7 Å². The molecule has 2 fully saturated rings. The lowest BCUT2D eigenvalue weighted by Gasteiger charge is -2.47. The molecule has 8 aromatic rings. The van der Waals surface area contributed by atoms with E-state index in [1.54, 1.807) is 13.8 Å². The number of halogens is 2. The number of amides is 7. The summed E-state index contributed by atoms with van der Waals surface area (Å²) in [5.41, 5.74) is 6.52. The Kier molecular flexibility index (Phi) is 26.0. The summed E-state index contributed by atoms with van der Waals surface area (Å²) < 4.78 is 39.0. The van der Waals surface area contributed by atoms with Crippen LogP contribution in [0.1, 0.15) is 111 Å². The predicted molar refractivity (Wildman–Crippen MR) is 429 cm³/mol. The van der Waals surface area contributed by atoms with Crippen molar-refractivity contribution in [3.63, 3.8) is 0 Å². The van der Waals surface area contributed by atoms with E-state index in [4.69, 9.17) is 57.4 Å². The lowest BCUT2D eigenvalue weighted by Crippen LogP contribution is -2.63. The maximum Gasteiger partial charge on any atom is 0.330 e. The fourth-order valence-electron chi connectivity index (χ4n) is 15.2. The first kappa shape index (κ1) is 86.3. The summed E-state index contributed by atoms with van der Waals surface area (Å²) in [7, 11) is 1.48. The molecule has 7 heterocycles. The van der Waals surface area contributed by atoms with E-state index in [1.165, 1.54) is 37.4 Å². The van der Waals surface area contributed by atoms with Gasteiger partial charge in [0.05, 0.1) is 41.3 Å². The van der Waals surface area contributed by atoms with E-state index in [2.05, 4.69) is 42.5 Å². The lowest BCUT2D eigenvalue weighted by atomic mass is 9.84. The molecule has 0 aromatic heterocycles. The maximum atomic E-state index is 16.4. The van der Waals surface area contributed by atoms with E-state index in [-0.39, 0.29) is 58.5 Å². The number of aliphatic hydroxyl groups excluding tert-OH is 6. The number of carboxylic acids is 1. The van der Waals surface area contributed by atoms with Crippen molar-refractivity contribution >= 4 is 70.5 Å². The van der Waals surface area contributed by atoms with Gasteiger partial charge in [0.1, 0.15) is 95.6 Å².